The lowest BCUT2D eigenvalue weighted by atomic mass is 10.1. The molecule has 0 amide bonds. The van der Waals surface area contributed by atoms with Gasteiger partial charge in [-0.2, -0.15) is 4.98 Å². The van der Waals surface area contributed by atoms with Crippen molar-refractivity contribution in [3.8, 4) is 34.1 Å². The number of aromatic hydroxyl groups is 1. The number of phenolic OH excluding ortho intramolecular Hbond substituents is 1. The number of carbonyl (C=O) groups is 1. The van der Waals surface area contributed by atoms with E-state index in [2.05, 4.69) is 10.1 Å². The van der Waals surface area contributed by atoms with Crippen LogP contribution in [0.1, 0.15) is 29.5 Å². The predicted octanol–water partition coefficient (Wildman–Crippen LogP) is 5.36. The molecule has 5 aromatic rings. The molecule has 0 fully saturated rings. The highest BCUT2D eigenvalue weighted by Gasteiger charge is 2.14. The average molecular weight is 498 g/mol. The SMILES string of the molecule is CCCOC(=O)c1cccc(-c2nc(COc3ccc4c(=O)c(-c5ccc(O)cc5)coc4c3)no2)c1. The Hall–Kier alpha value is -4.92. The predicted molar refractivity (Wildman–Crippen MR) is 134 cm³/mol. The van der Waals surface area contributed by atoms with Crippen molar-refractivity contribution in [1.82, 2.24) is 10.1 Å². The fourth-order valence-corrected chi connectivity index (χ4v) is 3.67. The minimum atomic E-state index is -0.412. The van der Waals surface area contributed by atoms with Crippen LogP contribution in [0.2, 0.25) is 0 Å². The van der Waals surface area contributed by atoms with Gasteiger partial charge in [-0.05, 0) is 54.4 Å². The molecule has 0 aliphatic carbocycles. The second-order valence-corrected chi connectivity index (χ2v) is 8.20. The van der Waals surface area contributed by atoms with Crippen LogP contribution >= 0.6 is 0 Å². The molecular weight excluding hydrogens is 476 g/mol. The van der Waals surface area contributed by atoms with Crippen molar-refractivity contribution in [2.75, 3.05) is 6.61 Å². The van der Waals surface area contributed by atoms with Gasteiger partial charge < -0.3 is 23.5 Å². The van der Waals surface area contributed by atoms with Crippen LogP contribution in [0.25, 0.3) is 33.6 Å². The Kier molecular flexibility index (Phi) is 6.67. The molecule has 0 spiro atoms. The van der Waals surface area contributed by atoms with Crippen LogP contribution in [-0.4, -0.2) is 27.8 Å². The number of phenols is 1. The molecule has 9 nitrogen and oxygen atoms in total. The monoisotopic (exact) mass is 498 g/mol. The number of hydrogen-bond donors (Lipinski definition) is 1. The highest BCUT2D eigenvalue weighted by molar-refractivity contribution is 5.90. The van der Waals surface area contributed by atoms with Crippen molar-refractivity contribution in [3.05, 3.63) is 94.6 Å². The van der Waals surface area contributed by atoms with Gasteiger partial charge in [0.25, 0.3) is 5.89 Å². The van der Waals surface area contributed by atoms with E-state index in [9.17, 15) is 14.7 Å². The van der Waals surface area contributed by atoms with Gasteiger partial charge in [0.2, 0.25) is 5.82 Å². The standard InChI is InChI=1S/C28H22N2O7/c1-2-12-34-28(33)19-5-3-4-18(13-19)27-29-25(30-37-27)16-35-21-10-11-22-24(14-21)36-15-23(26(22)32)17-6-8-20(31)9-7-17/h3-11,13-15,31H,2,12,16H2,1H3. The zero-order valence-electron chi connectivity index (χ0n) is 19.8. The summed E-state index contributed by atoms with van der Waals surface area (Å²) in [5.74, 6) is 0.711. The summed E-state index contributed by atoms with van der Waals surface area (Å²) >= 11 is 0. The molecule has 3 aromatic carbocycles. The molecule has 0 radical (unpaired) electrons. The van der Waals surface area contributed by atoms with E-state index in [4.69, 9.17) is 18.4 Å². The lowest BCUT2D eigenvalue weighted by molar-refractivity contribution is 0.0505. The van der Waals surface area contributed by atoms with Crippen molar-refractivity contribution >= 4 is 16.9 Å². The Morgan fingerprint density at radius 2 is 1.86 bits per heavy atom. The topological polar surface area (TPSA) is 125 Å². The molecular formula is C28H22N2O7. The number of ether oxygens (including phenoxy) is 2. The maximum atomic E-state index is 12.9. The quantitative estimate of drug-likeness (QED) is 0.281. The molecule has 0 aliphatic rings. The van der Waals surface area contributed by atoms with Gasteiger partial charge in [0.05, 0.1) is 23.1 Å². The Morgan fingerprint density at radius 1 is 1.03 bits per heavy atom. The summed E-state index contributed by atoms with van der Waals surface area (Å²) in [6, 6.07) is 18.0. The number of nitrogens with zero attached hydrogens (tertiary/aromatic N) is 2. The van der Waals surface area contributed by atoms with Gasteiger partial charge in [-0.25, -0.2) is 4.79 Å². The van der Waals surface area contributed by atoms with Crippen molar-refractivity contribution in [2.45, 2.75) is 20.0 Å². The van der Waals surface area contributed by atoms with Crippen LogP contribution in [0.5, 0.6) is 11.5 Å². The third-order valence-electron chi connectivity index (χ3n) is 5.54. The minimum Gasteiger partial charge on any atom is -0.508 e. The Morgan fingerprint density at radius 3 is 2.68 bits per heavy atom. The summed E-state index contributed by atoms with van der Waals surface area (Å²) in [6.07, 6.45) is 2.13. The van der Waals surface area contributed by atoms with Crippen molar-refractivity contribution in [1.29, 1.82) is 0 Å². The summed E-state index contributed by atoms with van der Waals surface area (Å²) in [5.41, 5.74) is 2.19. The summed E-state index contributed by atoms with van der Waals surface area (Å²) in [5, 5.41) is 13.8. The highest BCUT2D eigenvalue weighted by atomic mass is 16.5. The first-order valence-electron chi connectivity index (χ1n) is 11.6. The van der Waals surface area contributed by atoms with Crippen molar-refractivity contribution in [3.63, 3.8) is 0 Å². The second-order valence-electron chi connectivity index (χ2n) is 8.20. The number of rotatable bonds is 8. The number of fused-ring (bicyclic) bond motifs is 1. The van der Waals surface area contributed by atoms with Crippen molar-refractivity contribution < 1.29 is 28.3 Å². The molecule has 0 saturated heterocycles. The second kappa shape index (κ2) is 10.4. The van der Waals surface area contributed by atoms with Crippen molar-refractivity contribution in [2.24, 2.45) is 0 Å². The first kappa shape index (κ1) is 23.8. The molecule has 0 bridgehead atoms. The minimum absolute atomic E-state index is 0.0169. The third kappa shape index (κ3) is 5.20. The van der Waals surface area contributed by atoms with Gasteiger partial charge >= 0.3 is 5.97 Å². The molecule has 0 unspecified atom stereocenters. The van der Waals surface area contributed by atoms with Gasteiger partial charge in [-0.3, -0.25) is 4.79 Å². The first-order valence-corrected chi connectivity index (χ1v) is 11.6. The molecule has 5 rings (SSSR count). The third-order valence-corrected chi connectivity index (χ3v) is 5.54. The van der Waals surface area contributed by atoms with E-state index in [0.29, 0.717) is 51.4 Å². The van der Waals surface area contributed by atoms with E-state index in [-0.39, 0.29) is 23.7 Å². The maximum absolute atomic E-state index is 12.9. The average Bonchev–Trinajstić information content (AvgIpc) is 3.41. The Labute approximate surface area is 210 Å². The molecule has 9 heteroatoms. The van der Waals surface area contributed by atoms with Gasteiger partial charge in [0.1, 0.15) is 23.3 Å². The van der Waals surface area contributed by atoms with Crippen LogP contribution in [-0.2, 0) is 11.3 Å². The van der Waals surface area contributed by atoms with E-state index in [1.165, 1.54) is 18.4 Å². The lowest BCUT2D eigenvalue weighted by Gasteiger charge is -2.06. The van der Waals surface area contributed by atoms with Gasteiger partial charge in [0, 0.05) is 11.6 Å². The molecule has 1 N–H and O–H groups in total. The van der Waals surface area contributed by atoms with E-state index < -0.39 is 5.97 Å². The van der Waals surface area contributed by atoms with E-state index in [1.54, 1.807) is 54.6 Å². The Balaban J connectivity index is 1.29. The van der Waals surface area contributed by atoms with E-state index >= 15 is 0 Å². The molecule has 0 saturated carbocycles. The zero-order chi connectivity index (χ0) is 25.8. The largest absolute Gasteiger partial charge is 0.508 e. The number of carbonyl (C=O) groups excluding carboxylic acids is 1. The van der Waals surface area contributed by atoms with Crippen LogP contribution in [0.4, 0.5) is 0 Å². The number of esters is 1. The maximum Gasteiger partial charge on any atom is 0.338 e. The number of aromatic nitrogens is 2. The summed E-state index contributed by atoms with van der Waals surface area (Å²) in [4.78, 5) is 29.4. The van der Waals surface area contributed by atoms with Gasteiger partial charge in [-0.1, -0.05) is 30.3 Å². The molecule has 2 heterocycles. The Bertz CT molecular complexity index is 1620. The normalized spacial score (nSPS) is 10.9. The highest BCUT2D eigenvalue weighted by Crippen LogP contribution is 2.25. The van der Waals surface area contributed by atoms with Crippen LogP contribution < -0.4 is 10.2 Å². The van der Waals surface area contributed by atoms with Crippen LogP contribution in [0.15, 0.2) is 86.7 Å². The fourth-order valence-electron chi connectivity index (χ4n) is 3.67. The number of benzene rings is 3. The van der Waals surface area contributed by atoms with E-state index in [1.807, 2.05) is 6.92 Å². The van der Waals surface area contributed by atoms with E-state index in [0.717, 1.165) is 6.42 Å². The molecule has 186 valence electrons. The van der Waals surface area contributed by atoms with Crippen LogP contribution in [0, 0.1) is 0 Å². The molecule has 0 aliphatic heterocycles. The lowest BCUT2D eigenvalue weighted by Crippen LogP contribution is -2.05. The molecule has 0 atom stereocenters. The number of hydrogen-bond acceptors (Lipinski definition) is 9. The zero-order valence-corrected chi connectivity index (χ0v) is 19.8. The summed E-state index contributed by atoms with van der Waals surface area (Å²) < 4.78 is 22.0. The van der Waals surface area contributed by atoms with Crippen LogP contribution in [0.3, 0.4) is 0 Å². The summed E-state index contributed by atoms with van der Waals surface area (Å²) in [7, 11) is 0. The molecule has 37 heavy (non-hydrogen) atoms. The first-order chi connectivity index (χ1) is 18.0. The fraction of sp³-hybridized carbons (Fsp3) is 0.143. The van der Waals surface area contributed by atoms with Gasteiger partial charge in [-0.15, -0.1) is 0 Å². The smallest absolute Gasteiger partial charge is 0.338 e. The van der Waals surface area contributed by atoms with Gasteiger partial charge in [0.15, 0.2) is 12.0 Å². The molecule has 2 aromatic heterocycles. The summed E-state index contributed by atoms with van der Waals surface area (Å²) in [6.45, 7) is 2.29.